The van der Waals surface area contributed by atoms with Crippen LogP contribution < -0.4 is 5.32 Å². The molecule has 0 amide bonds. The molecule has 1 N–H and O–H groups in total. The molecule has 90 valence electrons. The Bertz CT molecular complexity index is 378. The molecule has 0 bridgehead atoms. The topological polar surface area (TPSA) is 12.0 Å². The lowest BCUT2D eigenvalue weighted by Crippen LogP contribution is -2.38. The number of nitrogens with one attached hydrogen (secondary N) is 1. The second-order valence-corrected chi connectivity index (χ2v) is 5.27. The normalized spacial score (nSPS) is 11.9. The molecule has 1 rings (SSSR count). The van der Waals surface area contributed by atoms with Crippen LogP contribution >= 0.6 is 15.9 Å². The van der Waals surface area contributed by atoms with E-state index in [9.17, 15) is 8.78 Å². The fraction of sp³-hybridized carbons (Fsp3) is 0.500. The van der Waals surface area contributed by atoms with Gasteiger partial charge in [0.25, 0.3) is 0 Å². The Morgan fingerprint density at radius 2 is 1.94 bits per heavy atom. The predicted molar refractivity (Wildman–Crippen MR) is 65.3 cm³/mol. The van der Waals surface area contributed by atoms with Crippen LogP contribution in [0.3, 0.4) is 0 Å². The van der Waals surface area contributed by atoms with Gasteiger partial charge in [0.2, 0.25) is 0 Å². The van der Waals surface area contributed by atoms with Crippen molar-refractivity contribution in [2.24, 2.45) is 0 Å². The summed E-state index contributed by atoms with van der Waals surface area (Å²) in [4.78, 5) is 0. The van der Waals surface area contributed by atoms with Gasteiger partial charge in [0.05, 0.1) is 4.47 Å². The monoisotopic (exact) mass is 291 g/mol. The van der Waals surface area contributed by atoms with E-state index in [0.717, 1.165) is 6.42 Å². The van der Waals surface area contributed by atoms with Crippen molar-refractivity contribution < 1.29 is 8.78 Å². The van der Waals surface area contributed by atoms with Crippen molar-refractivity contribution >= 4 is 15.9 Å². The smallest absolute Gasteiger partial charge is 0.144 e. The Morgan fingerprint density at radius 1 is 1.31 bits per heavy atom. The van der Waals surface area contributed by atoms with Crippen LogP contribution in [-0.2, 0) is 6.54 Å². The molecular formula is C12H16BrF2N. The standard InChI is InChI=1S/C12H16BrF2N/c1-4-12(2,3)16-7-8-10(14)6-5-9(13)11(8)15/h5-6,16H,4,7H2,1-3H3. The molecule has 0 unspecified atom stereocenters. The van der Waals surface area contributed by atoms with Crippen molar-refractivity contribution in [2.75, 3.05) is 0 Å². The van der Waals surface area contributed by atoms with Crippen molar-refractivity contribution in [2.45, 2.75) is 39.3 Å². The highest BCUT2D eigenvalue weighted by molar-refractivity contribution is 9.10. The number of halogens is 3. The van der Waals surface area contributed by atoms with E-state index in [1.165, 1.54) is 12.1 Å². The molecule has 1 aromatic carbocycles. The van der Waals surface area contributed by atoms with Gasteiger partial charge in [-0.1, -0.05) is 6.92 Å². The summed E-state index contributed by atoms with van der Waals surface area (Å²) in [6.45, 7) is 6.22. The van der Waals surface area contributed by atoms with E-state index >= 15 is 0 Å². The molecule has 0 heterocycles. The largest absolute Gasteiger partial charge is 0.308 e. The molecule has 0 aliphatic rings. The summed E-state index contributed by atoms with van der Waals surface area (Å²) >= 11 is 3.05. The highest BCUT2D eigenvalue weighted by atomic mass is 79.9. The first-order valence-corrected chi connectivity index (χ1v) is 6.04. The minimum Gasteiger partial charge on any atom is -0.308 e. The molecule has 0 spiro atoms. The Morgan fingerprint density at radius 3 is 2.50 bits per heavy atom. The van der Waals surface area contributed by atoms with Crippen LogP contribution in [0.25, 0.3) is 0 Å². The quantitative estimate of drug-likeness (QED) is 0.827. The lowest BCUT2D eigenvalue weighted by atomic mass is 10.0. The fourth-order valence-electron chi connectivity index (χ4n) is 1.18. The zero-order chi connectivity index (χ0) is 12.3. The molecule has 0 radical (unpaired) electrons. The number of hydrogen-bond donors (Lipinski definition) is 1. The summed E-state index contributed by atoms with van der Waals surface area (Å²) in [6, 6.07) is 2.64. The van der Waals surface area contributed by atoms with Crippen LogP contribution in [-0.4, -0.2) is 5.54 Å². The summed E-state index contributed by atoms with van der Waals surface area (Å²) in [5.74, 6) is -1.04. The molecule has 0 atom stereocenters. The summed E-state index contributed by atoms with van der Waals surface area (Å²) in [5.41, 5.74) is -0.0443. The first kappa shape index (κ1) is 13.6. The Hall–Kier alpha value is -0.480. The van der Waals surface area contributed by atoms with Gasteiger partial charge in [-0.25, -0.2) is 8.78 Å². The summed E-state index contributed by atoms with van der Waals surface area (Å²) in [6.07, 6.45) is 0.893. The summed E-state index contributed by atoms with van der Waals surface area (Å²) in [5, 5.41) is 3.13. The van der Waals surface area contributed by atoms with Crippen LogP contribution in [0, 0.1) is 11.6 Å². The maximum Gasteiger partial charge on any atom is 0.144 e. The third-order valence-electron chi connectivity index (χ3n) is 2.77. The molecule has 0 aliphatic carbocycles. The molecule has 0 aliphatic heterocycles. The van der Waals surface area contributed by atoms with Gasteiger partial charge in [-0.05, 0) is 48.3 Å². The fourth-order valence-corrected chi connectivity index (χ4v) is 1.56. The van der Waals surface area contributed by atoms with Crippen molar-refractivity contribution in [1.82, 2.24) is 5.32 Å². The van der Waals surface area contributed by atoms with Gasteiger partial charge >= 0.3 is 0 Å². The lowest BCUT2D eigenvalue weighted by Gasteiger charge is -2.24. The zero-order valence-corrected chi connectivity index (χ0v) is 11.3. The Labute approximate surface area is 103 Å². The SMILES string of the molecule is CCC(C)(C)NCc1c(F)ccc(Br)c1F. The Balaban J connectivity index is 2.86. The predicted octanol–water partition coefficient (Wildman–Crippen LogP) is 4.01. The molecular weight excluding hydrogens is 276 g/mol. The van der Waals surface area contributed by atoms with Crippen molar-refractivity contribution in [3.05, 3.63) is 33.8 Å². The number of rotatable bonds is 4. The van der Waals surface area contributed by atoms with Crippen LogP contribution in [0.15, 0.2) is 16.6 Å². The number of benzene rings is 1. The molecule has 4 heteroatoms. The van der Waals surface area contributed by atoms with Gasteiger partial charge in [-0.3, -0.25) is 0 Å². The minimum atomic E-state index is -0.528. The van der Waals surface area contributed by atoms with E-state index in [0.29, 0.717) is 4.47 Å². The van der Waals surface area contributed by atoms with E-state index < -0.39 is 11.6 Å². The summed E-state index contributed by atoms with van der Waals surface area (Å²) < 4.78 is 27.3. The second-order valence-electron chi connectivity index (χ2n) is 4.41. The molecule has 0 saturated carbocycles. The van der Waals surface area contributed by atoms with E-state index in [-0.39, 0.29) is 17.6 Å². The second kappa shape index (κ2) is 5.23. The average Bonchev–Trinajstić information content (AvgIpc) is 2.24. The van der Waals surface area contributed by atoms with Gasteiger partial charge < -0.3 is 5.32 Å². The maximum atomic E-state index is 13.6. The van der Waals surface area contributed by atoms with E-state index in [1.807, 2.05) is 20.8 Å². The van der Waals surface area contributed by atoms with Gasteiger partial charge in [0.15, 0.2) is 0 Å². The summed E-state index contributed by atoms with van der Waals surface area (Å²) in [7, 11) is 0. The van der Waals surface area contributed by atoms with E-state index in [1.54, 1.807) is 0 Å². The molecule has 1 aromatic rings. The molecule has 0 saturated heterocycles. The average molecular weight is 292 g/mol. The number of hydrogen-bond acceptors (Lipinski definition) is 1. The molecule has 0 aromatic heterocycles. The highest BCUT2D eigenvalue weighted by Gasteiger charge is 2.17. The molecule has 1 nitrogen and oxygen atoms in total. The molecule has 16 heavy (non-hydrogen) atoms. The first-order valence-electron chi connectivity index (χ1n) is 5.25. The van der Waals surface area contributed by atoms with Gasteiger partial charge in [-0.2, -0.15) is 0 Å². The van der Waals surface area contributed by atoms with Gasteiger partial charge in [-0.15, -0.1) is 0 Å². The van der Waals surface area contributed by atoms with Crippen LogP contribution in [0.2, 0.25) is 0 Å². The van der Waals surface area contributed by atoms with E-state index in [2.05, 4.69) is 21.2 Å². The third kappa shape index (κ3) is 3.25. The van der Waals surface area contributed by atoms with Crippen LogP contribution in [0.4, 0.5) is 8.78 Å². The van der Waals surface area contributed by atoms with Gasteiger partial charge in [0, 0.05) is 17.6 Å². The first-order chi connectivity index (χ1) is 7.37. The zero-order valence-electron chi connectivity index (χ0n) is 9.70. The van der Waals surface area contributed by atoms with Crippen LogP contribution in [0.1, 0.15) is 32.8 Å². The minimum absolute atomic E-state index is 0.0795. The third-order valence-corrected chi connectivity index (χ3v) is 3.38. The van der Waals surface area contributed by atoms with Crippen molar-refractivity contribution in [3.63, 3.8) is 0 Å². The van der Waals surface area contributed by atoms with Crippen molar-refractivity contribution in [1.29, 1.82) is 0 Å². The van der Waals surface area contributed by atoms with Crippen LogP contribution in [0.5, 0.6) is 0 Å². The Kier molecular flexibility index (Phi) is 4.44. The maximum absolute atomic E-state index is 13.6. The van der Waals surface area contributed by atoms with Gasteiger partial charge in [0.1, 0.15) is 11.6 Å². The van der Waals surface area contributed by atoms with E-state index in [4.69, 9.17) is 0 Å². The highest BCUT2D eigenvalue weighted by Crippen LogP contribution is 2.22. The lowest BCUT2D eigenvalue weighted by molar-refractivity contribution is 0.366. The van der Waals surface area contributed by atoms with Crippen molar-refractivity contribution in [3.8, 4) is 0 Å². The molecule has 0 fully saturated rings.